The van der Waals surface area contributed by atoms with Crippen molar-refractivity contribution in [2.75, 3.05) is 11.9 Å². The molecule has 1 atom stereocenters. The first kappa shape index (κ1) is 22.2. The molecule has 32 heavy (non-hydrogen) atoms. The van der Waals surface area contributed by atoms with E-state index in [2.05, 4.69) is 20.3 Å². The molecule has 3 N–H and O–H groups in total. The van der Waals surface area contributed by atoms with E-state index in [0.29, 0.717) is 0 Å². The lowest BCUT2D eigenvalue weighted by Gasteiger charge is -2.26. The fraction of sp³-hybridized carbons (Fsp3) is 0.364. The number of benzene rings is 2. The van der Waals surface area contributed by atoms with Crippen LogP contribution in [0.1, 0.15) is 49.7 Å². The molecule has 2 aromatic carbocycles. The van der Waals surface area contributed by atoms with Crippen LogP contribution in [-0.2, 0) is 14.8 Å². The van der Waals surface area contributed by atoms with Crippen LogP contribution in [0.25, 0.3) is 0 Å². The Bertz CT molecular complexity index is 1180. The van der Waals surface area contributed by atoms with Gasteiger partial charge in [-0.05, 0) is 36.6 Å². The van der Waals surface area contributed by atoms with Gasteiger partial charge in [0.05, 0.1) is 5.69 Å². The van der Waals surface area contributed by atoms with Gasteiger partial charge in [-0.3, -0.25) is 4.79 Å². The van der Waals surface area contributed by atoms with Crippen LogP contribution in [0.5, 0.6) is 0 Å². The maximum Gasteiger partial charge on any atom is 0.266 e. The molecule has 0 saturated heterocycles. The zero-order chi connectivity index (χ0) is 22.9. The molecule has 4 rings (SSSR count). The molecule has 1 heterocycles. The Kier molecular flexibility index (Phi) is 6.14. The number of aliphatic imine (C=N–C) groups is 1. The van der Waals surface area contributed by atoms with Gasteiger partial charge in [-0.15, -0.1) is 0 Å². The number of carbonyl (C=O) groups excluding carboxylic acids is 1. The van der Waals surface area contributed by atoms with E-state index in [-0.39, 0.29) is 46.2 Å². The van der Waals surface area contributed by atoms with Crippen LogP contribution >= 0.6 is 0 Å². The van der Waals surface area contributed by atoms with E-state index >= 15 is 0 Å². The molecular formula is C22H24F2N4O3S. The molecule has 2 aromatic rings. The van der Waals surface area contributed by atoms with Crippen LogP contribution in [0.2, 0.25) is 0 Å². The van der Waals surface area contributed by atoms with Gasteiger partial charge >= 0.3 is 0 Å². The van der Waals surface area contributed by atoms with Crippen molar-refractivity contribution < 1.29 is 22.0 Å². The van der Waals surface area contributed by atoms with E-state index in [1.807, 2.05) is 0 Å². The van der Waals surface area contributed by atoms with Gasteiger partial charge in [0, 0.05) is 17.5 Å². The highest BCUT2D eigenvalue weighted by Crippen LogP contribution is 2.38. The van der Waals surface area contributed by atoms with E-state index in [0.717, 1.165) is 37.8 Å². The minimum absolute atomic E-state index is 0.000724. The summed E-state index contributed by atoms with van der Waals surface area (Å²) in [4.78, 5) is 16.0. The Morgan fingerprint density at radius 3 is 2.59 bits per heavy atom. The van der Waals surface area contributed by atoms with E-state index in [1.165, 1.54) is 18.2 Å². The quantitative estimate of drug-likeness (QED) is 0.635. The first-order chi connectivity index (χ1) is 15.3. The third-order valence-corrected chi connectivity index (χ3v) is 7.21. The molecule has 1 amide bonds. The SMILES string of the molecule is CC(c1ccccc1F)c1c(F)ccc2c1NC(=NCC(=O)NC1CCCC1)NS2(=O)=O. The molecule has 2 aliphatic rings. The number of hydrogen-bond donors (Lipinski definition) is 3. The number of fused-ring (bicyclic) bond motifs is 1. The molecule has 7 nitrogen and oxygen atoms in total. The van der Waals surface area contributed by atoms with Gasteiger partial charge in [0.25, 0.3) is 10.0 Å². The van der Waals surface area contributed by atoms with Crippen LogP contribution in [0.3, 0.4) is 0 Å². The minimum Gasteiger partial charge on any atom is -0.352 e. The third kappa shape index (κ3) is 4.45. The molecule has 1 aliphatic carbocycles. The maximum atomic E-state index is 14.9. The summed E-state index contributed by atoms with van der Waals surface area (Å²) in [5, 5.41) is 5.67. The monoisotopic (exact) mass is 462 g/mol. The second-order valence-electron chi connectivity index (χ2n) is 8.02. The van der Waals surface area contributed by atoms with E-state index in [4.69, 9.17) is 0 Å². The number of nitrogens with one attached hydrogen (secondary N) is 3. The minimum atomic E-state index is -4.06. The van der Waals surface area contributed by atoms with Crippen molar-refractivity contribution in [1.82, 2.24) is 10.0 Å². The fourth-order valence-electron chi connectivity index (χ4n) is 4.22. The predicted octanol–water partition coefficient (Wildman–Crippen LogP) is 3.24. The van der Waals surface area contributed by atoms with Gasteiger partial charge < -0.3 is 10.6 Å². The Hall–Kier alpha value is -3.01. The van der Waals surface area contributed by atoms with Crippen molar-refractivity contribution in [1.29, 1.82) is 0 Å². The average Bonchev–Trinajstić information content (AvgIpc) is 3.24. The first-order valence-electron chi connectivity index (χ1n) is 10.5. The first-order valence-corrected chi connectivity index (χ1v) is 11.9. The van der Waals surface area contributed by atoms with Gasteiger partial charge in [0.1, 0.15) is 23.1 Å². The summed E-state index contributed by atoms with van der Waals surface area (Å²) in [6.45, 7) is 1.31. The van der Waals surface area contributed by atoms with Crippen LogP contribution in [0.4, 0.5) is 14.5 Å². The molecule has 1 saturated carbocycles. The number of rotatable bonds is 5. The van der Waals surface area contributed by atoms with E-state index < -0.39 is 27.6 Å². The van der Waals surface area contributed by atoms with Gasteiger partial charge in [-0.25, -0.2) is 26.9 Å². The highest BCUT2D eigenvalue weighted by molar-refractivity contribution is 7.90. The molecule has 1 fully saturated rings. The third-order valence-electron chi connectivity index (χ3n) is 5.82. The van der Waals surface area contributed by atoms with Gasteiger partial charge in [-0.2, -0.15) is 0 Å². The number of sulfonamides is 1. The van der Waals surface area contributed by atoms with E-state index in [1.54, 1.807) is 13.0 Å². The van der Waals surface area contributed by atoms with Crippen molar-refractivity contribution in [3.05, 3.63) is 59.2 Å². The number of carbonyl (C=O) groups is 1. The second-order valence-corrected chi connectivity index (χ2v) is 9.67. The van der Waals surface area contributed by atoms with Crippen molar-refractivity contribution in [2.24, 2.45) is 4.99 Å². The second kappa shape index (κ2) is 8.85. The number of hydrogen-bond acceptors (Lipinski definition) is 4. The van der Waals surface area contributed by atoms with Crippen LogP contribution < -0.4 is 15.4 Å². The van der Waals surface area contributed by atoms with Crippen molar-refractivity contribution >= 4 is 27.6 Å². The smallest absolute Gasteiger partial charge is 0.266 e. The summed E-state index contributed by atoms with van der Waals surface area (Å²) in [7, 11) is -4.06. The number of guanidine groups is 1. The Morgan fingerprint density at radius 1 is 1.16 bits per heavy atom. The molecule has 0 spiro atoms. The lowest BCUT2D eigenvalue weighted by Crippen LogP contribution is -2.42. The van der Waals surface area contributed by atoms with E-state index in [9.17, 15) is 22.0 Å². The van der Waals surface area contributed by atoms with Crippen molar-refractivity contribution in [3.63, 3.8) is 0 Å². The number of nitrogens with zero attached hydrogens (tertiary/aromatic N) is 1. The zero-order valence-corrected chi connectivity index (χ0v) is 18.3. The number of anilines is 1. The predicted molar refractivity (Wildman–Crippen MR) is 117 cm³/mol. The van der Waals surface area contributed by atoms with Crippen molar-refractivity contribution in [2.45, 2.75) is 49.5 Å². The molecule has 1 aliphatic heterocycles. The Balaban J connectivity index is 1.65. The molecule has 10 heteroatoms. The zero-order valence-electron chi connectivity index (χ0n) is 17.5. The molecule has 0 aromatic heterocycles. The average molecular weight is 463 g/mol. The molecule has 0 bridgehead atoms. The Labute approximate surface area is 185 Å². The topological polar surface area (TPSA) is 99.7 Å². The fourth-order valence-corrected chi connectivity index (χ4v) is 5.38. The summed E-state index contributed by atoms with van der Waals surface area (Å²) in [5.74, 6) is -2.49. The largest absolute Gasteiger partial charge is 0.352 e. The summed E-state index contributed by atoms with van der Waals surface area (Å²) in [5.41, 5.74) is 0.210. The van der Waals surface area contributed by atoms with Crippen molar-refractivity contribution in [3.8, 4) is 0 Å². The molecule has 170 valence electrons. The number of amides is 1. The van der Waals surface area contributed by atoms with Gasteiger partial charge in [-0.1, -0.05) is 38.0 Å². The molecule has 0 radical (unpaired) electrons. The highest BCUT2D eigenvalue weighted by atomic mass is 32.2. The lowest BCUT2D eigenvalue weighted by atomic mass is 9.91. The van der Waals surface area contributed by atoms with Crippen LogP contribution in [-0.4, -0.2) is 32.9 Å². The molecular weight excluding hydrogens is 438 g/mol. The summed E-state index contributed by atoms with van der Waals surface area (Å²) in [6.07, 6.45) is 3.95. The normalized spacial score (nSPS) is 19.7. The van der Waals surface area contributed by atoms with Crippen LogP contribution in [0.15, 0.2) is 46.3 Å². The standard InChI is InChI=1S/C22H24F2N4O3S/c1-13(15-8-4-5-9-16(15)23)20-17(24)10-11-18-21(20)27-22(28-32(18,30)31)25-12-19(29)26-14-6-2-3-7-14/h4-5,8-11,13-14H,2-3,6-7,12H2,1H3,(H,26,29)(H2,25,27,28). The lowest BCUT2D eigenvalue weighted by molar-refractivity contribution is -0.120. The Morgan fingerprint density at radius 2 is 1.88 bits per heavy atom. The van der Waals surface area contributed by atoms with Crippen LogP contribution in [0, 0.1) is 11.6 Å². The van der Waals surface area contributed by atoms with Gasteiger partial charge in [0.15, 0.2) is 0 Å². The summed E-state index contributed by atoms with van der Waals surface area (Å²) >= 11 is 0. The number of halogens is 2. The van der Waals surface area contributed by atoms with Gasteiger partial charge in [0.2, 0.25) is 11.9 Å². The summed E-state index contributed by atoms with van der Waals surface area (Å²) < 4.78 is 57.0. The summed E-state index contributed by atoms with van der Waals surface area (Å²) in [6, 6.07) is 8.24. The maximum absolute atomic E-state index is 14.9. The molecule has 1 unspecified atom stereocenters. The highest BCUT2D eigenvalue weighted by Gasteiger charge is 2.32.